The number of carbonyl (C=O) groups excluding carboxylic acids is 2. The summed E-state index contributed by atoms with van der Waals surface area (Å²) in [6, 6.07) is 17.7. The summed E-state index contributed by atoms with van der Waals surface area (Å²) in [4.78, 5) is 33.6. The van der Waals surface area contributed by atoms with Gasteiger partial charge in [-0.15, -0.1) is 0 Å². The highest BCUT2D eigenvalue weighted by atomic mass is 16.2. The Hall–Kier alpha value is -4.38. The largest absolute Gasteiger partial charge is 0.355 e. The first-order chi connectivity index (χ1) is 16.3. The first-order valence-corrected chi connectivity index (χ1v) is 11.0. The zero-order valence-electron chi connectivity index (χ0n) is 19.5. The van der Waals surface area contributed by atoms with Gasteiger partial charge in [-0.05, 0) is 63.2 Å². The summed E-state index contributed by atoms with van der Waals surface area (Å²) in [6.07, 6.45) is 1.69. The highest BCUT2D eigenvalue weighted by Gasteiger charge is 2.35. The van der Waals surface area contributed by atoms with Crippen molar-refractivity contribution in [3.05, 3.63) is 71.9 Å². The van der Waals surface area contributed by atoms with Crippen LogP contribution >= 0.6 is 0 Å². The molecule has 1 atom stereocenters. The summed E-state index contributed by atoms with van der Waals surface area (Å²) >= 11 is 0. The number of likely N-dealkylation sites (N-methyl/N-ethyl adjacent to an activating group) is 1. The average Bonchev–Trinajstić information content (AvgIpc) is 2.83. The Labute approximate surface area is 198 Å². The zero-order chi connectivity index (χ0) is 24.4. The van der Waals surface area contributed by atoms with E-state index < -0.39 is 0 Å². The second-order valence-electron chi connectivity index (χ2n) is 8.48. The van der Waals surface area contributed by atoms with Crippen molar-refractivity contribution in [3.8, 4) is 6.07 Å². The van der Waals surface area contributed by atoms with Crippen LogP contribution in [-0.2, 0) is 4.79 Å². The van der Waals surface area contributed by atoms with Gasteiger partial charge in [0.2, 0.25) is 5.91 Å². The lowest BCUT2D eigenvalue weighted by molar-refractivity contribution is -0.119. The van der Waals surface area contributed by atoms with Gasteiger partial charge in [-0.3, -0.25) is 9.59 Å². The molecular weight excluding hydrogens is 428 g/mol. The topological polar surface area (TPSA) is 101 Å². The third kappa shape index (κ3) is 4.41. The molecule has 4 rings (SSSR count). The van der Waals surface area contributed by atoms with Gasteiger partial charge >= 0.3 is 0 Å². The molecule has 1 aliphatic rings. The lowest BCUT2D eigenvalue weighted by atomic mass is 10.1. The molecule has 34 heavy (non-hydrogen) atoms. The van der Waals surface area contributed by atoms with E-state index in [4.69, 9.17) is 5.26 Å². The second-order valence-corrected chi connectivity index (χ2v) is 8.48. The summed E-state index contributed by atoms with van der Waals surface area (Å²) in [7, 11) is 1.76. The summed E-state index contributed by atoms with van der Waals surface area (Å²) < 4.78 is 0. The van der Waals surface area contributed by atoms with Crippen LogP contribution in [0.15, 0.2) is 60.8 Å². The molecule has 0 saturated heterocycles. The Bertz CT molecular complexity index is 1280. The third-order valence-electron chi connectivity index (χ3n) is 5.83. The molecular formula is C26H26N6O2. The van der Waals surface area contributed by atoms with Crippen LogP contribution in [0.1, 0.15) is 36.7 Å². The Kier molecular flexibility index (Phi) is 6.19. The molecule has 8 heteroatoms. The number of benzene rings is 2. The van der Waals surface area contributed by atoms with Crippen LogP contribution < -0.4 is 20.4 Å². The number of nitrogens with one attached hydrogen (secondary N) is 2. The molecule has 0 bridgehead atoms. The fourth-order valence-corrected chi connectivity index (χ4v) is 4.14. The van der Waals surface area contributed by atoms with Crippen molar-refractivity contribution in [1.29, 1.82) is 5.26 Å². The smallest absolute Gasteiger partial charge is 0.255 e. The standard InChI is InChI=1S/C26H26N6O2/c1-16(2)32-17(3)26(34)31(4)23-15-28-24(13-22(23)32)29-21-7-5-6-19(12-21)25(33)30-20-10-8-18(14-27)9-11-20/h5-13,15-17H,1-4H3,(H,28,29)(H,30,33). The molecule has 0 spiro atoms. The number of hydrogen-bond donors (Lipinski definition) is 2. The number of pyridine rings is 1. The molecule has 0 saturated carbocycles. The first kappa shape index (κ1) is 22.8. The van der Waals surface area contributed by atoms with Crippen molar-refractivity contribution in [2.24, 2.45) is 0 Å². The van der Waals surface area contributed by atoms with Gasteiger partial charge in [0.25, 0.3) is 5.91 Å². The van der Waals surface area contributed by atoms with Crippen LogP contribution in [0.5, 0.6) is 0 Å². The summed E-state index contributed by atoms with van der Waals surface area (Å²) in [6.45, 7) is 6.02. The van der Waals surface area contributed by atoms with Gasteiger partial charge in [-0.2, -0.15) is 5.26 Å². The predicted octanol–water partition coefficient (Wildman–Crippen LogP) is 4.53. The maximum atomic E-state index is 12.7. The minimum absolute atomic E-state index is 0.0321. The highest BCUT2D eigenvalue weighted by Crippen LogP contribution is 2.38. The van der Waals surface area contributed by atoms with Crippen LogP contribution in [0.2, 0.25) is 0 Å². The molecule has 1 aromatic heterocycles. The zero-order valence-corrected chi connectivity index (χ0v) is 19.5. The van der Waals surface area contributed by atoms with Gasteiger partial charge in [-0.1, -0.05) is 6.07 Å². The Morgan fingerprint density at radius 2 is 1.82 bits per heavy atom. The Balaban J connectivity index is 1.56. The monoisotopic (exact) mass is 454 g/mol. The van der Waals surface area contributed by atoms with E-state index in [9.17, 15) is 9.59 Å². The molecule has 1 aliphatic heterocycles. The van der Waals surface area contributed by atoms with Crippen molar-refractivity contribution < 1.29 is 9.59 Å². The van der Waals surface area contributed by atoms with Crippen molar-refractivity contribution in [3.63, 3.8) is 0 Å². The highest BCUT2D eigenvalue weighted by molar-refractivity contribution is 6.06. The van der Waals surface area contributed by atoms with Crippen molar-refractivity contribution in [2.45, 2.75) is 32.9 Å². The summed E-state index contributed by atoms with van der Waals surface area (Å²) in [5.74, 6) is 0.389. The van der Waals surface area contributed by atoms with Gasteiger partial charge in [0.1, 0.15) is 11.9 Å². The van der Waals surface area contributed by atoms with E-state index in [2.05, 4.69) is 40.4 Å². The number of nitrogens with zero attached hydrogens (tertiary/aromatic N) is 4. The first-order valence-electron chi connectivity index (χ1n) is 11.0. The van der Waals surface area contributed by atoms with Crippen LogP contribution in [0.25, 0.3) is 0 Å². The number of aromatic nitrogens is 1. The molecule has 0 fully saturated rings. The maximum absolute atomic E-state index is 12.7. The van der Waals surface area contributed by atoms with Crippen LogP contribution in [0.4, 0.5) is 28.6 Å². The number of nitriles is 1. The molecule has 1 unspecified atom stereocenters. The van der Waals surface area contributed by atoms with Crippen LogP contribution in [-0.4, -0.2) is 35.9 Å². The number of amides is 2. The van der Waals surface area contributed by atoms with Crippen molar-refractivity contribution >= 4 is 40.4 Å². The number of rotatable bonds is 5. The summed E-state index contributed by atoms with van der Waals surface area (Å²) in [5, 5.41) is 15.0. The molecule has 2 amide bonds. The van der Waals surface area contributed by atoms with E-state index in [1.165, 1.54) is 0 Å². The van der Waals surface area contributed by atoms with E-state index in [0.29, 0.717) is 28.3 Å². The van der Waals surface area contributed by atoms with Crippen LogP contribution in [0.3, 0.4) is 0 Å². The minimum Gasteiger partial charge on any atom is -0.355 e. The number of carbonyl (C=O) groups is 2. The fraction of sp³-hybridized carbons (Fsp3) is 0.231. The van der Waals surface area contributed by atoms with Crippen molar-refractivity contribution in [2.75, 3.05) is 27.5 Å². The number of fused-ring (bicyclic) bond motifs is 1. The van der Waals surface area contributed by atoms with Gasteiger partial charge in [-0.25, -0.2) is 4.98 Å². The molecule has 0 radical (unpaired) electrons. The van der Waals surface area contributed by atoms with E-state index in [1.54, 1.807) is 60.6 Å². The van der Waals surface area contributed by atoms with E-state index in [-0.39, 0.29) is 23.9 Å². The quantitative estimate of drug-likeness (QED) is 0.587. The normalized spacial score (nSPS) is 15.1. The molecule has 2 N–H and O–H groups in total. The van der Waals surface area contributed by atoms with Crippen molar-refractivity contribution in [1.82, 2.24) is 4.98 Å². The maximum Gasteiger partial charge on any atom is 0.255 e. The van der Waals surface area contributed by atoms with E-state index in [0.717, 1.165) is 11.4 Å². The predicted molar refractivity (Wildman–Crippen MR) is 134 cm³/mol. The van der Waals surface area contributed by atoms with Crippen LogP contribution in [0, 0.1) is 11.3 Å². The van der Waals surface area contributed by atoms with Gasteiger partial charge in [0.15, 0.2) is 0 Å². The lowest BCUT2D eigenvalue weighted by Gasteiger charge is -2.42. The van der Waals surface area contributed by atoms with E-state index >= 15 is 0 Å². The lowest BCUT2D eigenvalue weighted by Crippen LogP contribution is -2.53. The summed E-state index contributed by atoms with van der Waals surface area (Å²) in [5.41, 5.74) is 4.03. The Morgan fingerprint density at radius 1 is 1.09 bits per heavy atom. The SMILES string of the molecule is CC(C)N1c2cc(Nc3cccc(C(=O)Nc4ccc(C#N)cc4)c3)ncc2N(C)C(=O)C1C. The number of hydrogen-bond acceptors (Lipinski definition) is 6. The number of anilines is 5. The van der Waals surface area contributed by atoms with Gasteiger partial charge < -0.3 is 20.4 Å². The molecule has 0 aliphatic carbocycles. The molecule has 2 heterocycles. The van der Waals surface area contributed by atoms with Gasteiger partial charge in [0.05, 0.1) is 29.2 Å². The molecule has 2 aromatic carbocycles. The average molecular weight is 455 g/mol. The Morgan fingerprint density at radius 3 is 2.50 bits per heavy atom. The molecule has 172 valence electrons. The third-order valence-corrected chi connectivity index (χ3v) is 5.83. The van der Waals surface area contributed by atoms with E-state index in [1.807, 2.05) is 19.1 Å². The fourth-order valence-electron chi connectivity index (χ4n) is 4.14. The molecule has 3 aromatic rings. The second kappa shape index (κ2) is 9.24. The van der Waals surface area contributed by atoms with Gasteiger partial charge in [0, 0.05) is 36.1 Å². The molecule has 8 nitrogen and oxygen atoms in total. The minimum atomic E-state index is -0.276.